The van der Waals surface area contributed by atoms with Crippen LogP contribution in [0.3, 0.4) is 0 Å². The van der Waals surface area contributed by atoms with E-state index in [9.17, 15) is 9.59 Å². The zero-order valence-electron chi connectivity index (χ0n) is 16.1. The van der Waals surface area contributed by atoms with Crippen molar-refractivity contribution in [2.24, 2.45) is 4.99 Å². The highest BCUT2D eigenvalue weighted by molar-refractivity contribution is 14.0. The molecule has 0 aromatic heterocycles. The summed E-state index contributed by atoms with van der Waals surface area (Å²) in [4.78, 5) is 27.5. The quantitative estimate of drug-likeness (QED) is 0.289. The summed E-state index contributed by atoms with van der Waals surface area (Å²) in [6, 6.07) is 7.51. The number of nitrogens with zero attached hydrogens (tertiary/aromatic N) is 1. The molecule has 146 valence electrons. The van der Waals surface area contributed by atoms with Gasteiger partial charge in [0.15, 0.2) is 5.96 Å². The van der Waals surface area contributed by atoms with E-state index in [1.165, 1.54) is 6.92 Å². The summed E-state index contributed by atoms with van der Waals surface area (Å²) < 4.78 is 0. The van der Waals surface area contributed by atoms with E-state index in [2.05, 4.69) is 26.3 Å². The van der Waals surface area contributed by atoms with Gasteiger partial charge < -0.3 is 21.3 Å². The first-order chi connectivity index (χ1) is 11.7. The molecule has 1 rings (SSSR count). The molecule has 1 aromatic rings. The van der Waals surface area contributed by atoms with Crippen LogP contribution in [0, 0.1) is 0 Å². The zero-order valence-corrected chi connectivity index (χ0v) is 18.4. The van der Waals surface area contributed by atoms with Gasteiger partial charge in [-0.1, -0.05) is 12.1 Å². The number of hydrogen-bond acceptors (Lipinski definition) is 3. The highest BCUT2D eigenvalue weighted by Gasteiger charge is 2.13. The van der Waals surface area contributed by atoms with Gasteiger partial charge in [0.2, 0.25) is 11.8 Å². The maximum Gasteiger partial charge on any atom is 0.239 e. The fraction of sp³-hybridized carbons (Fsp3) is 0.500. The molecule has 0 heterocycles. The van der Waals surface area contributed by atoms with Gasteiger partial charge in [0, 0.05) is 24.7 Å². The Kier molecular flexibility index (Phi) is 10.9. The maximum absolute atomic E-state index is 11.9. The van der Waals surface area contributed by atoms with Gasteiger partial charge in [-0.3, -0.25) is 9.59 Å². The van der Waals surface area contributed by atoms with E-state index in [0.29, 0.717) is 19.0 Å². The minimum absolute atomic E-state index is 0. The van der Waals surface area contributed by atoms with E-state index >= 15 is 0 Å². The summed E-state index contributed by atoms with van der Waals surface area (Å²) in [5, 5.41) is 11.8. The predicted molar refractivity (Wildman–Crippen MR) is 117 cm³/mol. The van der Waals surface area contributed by atoms with Gasteiger partial charge in [-0.2, -0.15) is 0 Å². The molecule has 0 saturated heterocycles. The molecule has 7 nitrogen and oxygen atoms in total. The normalized spacial score (nSPS) is 11.2. The van der Waals surface area contributed by atoms with Gasteiger partial charge in [0.25, 0.3) is 0 Å². The van der Waals surface area contributed by atoms with Crippen molar-refractivity contribution in [1.82, 2.24) is 16.0 Å². The molecule has 0 saturated carbocycles. The molecule has 4 N–H and O–H groups in total. The minimum Gasteiger partial charge on any atom is -0.357 e. The molecule has 0 bridgehead atoms. The van der Waals surface area contributed by atoms with Crippen molar-refractivity contribution in [3.63, 3.8) is 0 Å². The van der Waals surface area contributed by atoms with Crippen LogP contribution in [0.15, 0.2) is 29.3 Å². The van der Waals surface area contributed by atoms with E-state index in [1.807, 2.05) is 52.0 Å². The summed E-state index contributed by atoms with van der Waals surface area (Å²) in [6.07, 6.45) is 0. The van der Waals surface area contributed by atoms with Crippen molar-refractivity contribution in [3.8, 4) is 0 Å². The van der Waals surface area contributed by atoms with Crippen molar-refractivity contribution in [2.45, 2.75) is 46.7 Å². The highest BCUT2D eigenvalue weighted by atomic mass is 127. The lowest BCUT2D eigenvalue weighted by atomic mass is 10.1. The first kappa shape index (κ1) is 24.2. The first-order valence-corrected chi connectivity index (χ1v) is 8.39. The molecule has 0 aliphatic heterocycles. The van der Waals surface area contributed by atoms with E-state index in [4.69, 9.17) is 0 Å². The van der Waals surface area contributed by atoms with Gasteiger partial charge in [-0.05, 0) is 45.4 Å². The Labute approximate surface area is 172 Å². The number of nitrogens with one attached hydrogen (secondary N) is 4. The molecule has 0 atom stereocenters. The Morgan fingerprint density at radius 2 is 1.85 bits per heavy atom. The topological polar surface area (TPSA) is 94.6 Å². The molecule has 0 aliphatic carbocycles. The summed E-state index contributed by atoms with van der Waals surface area (Å²) in [6.45, 7) is 10.5. The fourth-order valence-electron chi connectivity index (χ4n) is 2.09. The Balaban J connectivity index is 0.00000625. The largest absolute Gasteiger partial charge is 0.357 e. The second-order valence-electron chi connectivity index (χ2n) is 6.73. The van der Waals surface area contributed by atoms with Crippen molar-refractivity contribution >= 4 is 47.4 Å². The molecular formula is C18H30IN5O2. The number of carbonyl (C=O) groups is 2. The minimum atomic E-state index is -0.265. The maximum atomic E-state index is 11.9. The van der Waals surface area contributed by atoms with Crippen LogP contribution in [-0.2, 0) is 16.1 Å². The van der Waals surface area contributed by atoms with Crippen LogP contribution in [0.5, 0.6) is 0 Å². The predicted octanol–water partition coefficient (Wildman–Crippen LogP) is 2.23. The second-order valence-corrected chi connectivity index (χ2v) is 6.73. The summed E-state index contributed by atoms with van der Waals surface area (Å²) in [5.41, 5.74) is 1.43. The molecule has 0 spiro atoms. The van der Waals surface area contributed by atoms with Gasteiger partial charge in [-0.25, -0.2) is 4.99 Å². The Morgan fingerprint density at radius 3 is 2.42 bits per heavy atom. The third kappa shape index (κ3) is 10.9. The number of anilines is 1. The van der Waals surface area contributed by atoms with Gasteiger partial charge >= 0.3 is 0 Å². The standard InChI is InChI=1S/C18H29N5O2.HI/c1-6-19-17(21-12-16(25)23-18(3,4)5)20-11-14-8-7-9-15(10-14)22-13(2)24;/h7-10H,6,11-12H2,1-5H3,(H,22,24)(H,23,25)(H2,19,20,21);1H. The van der Waals surface area contributed by atoms with Crippen molar-refractivity contribution in [3.05, 3.63) is 29.8 Å². The average molecular weight is 475 g/mol. The first-order valence-electron chi connectivity index (χ1n) is 8.39. The SMILES string of the molecule is CCNC(=NCc1cccc(NC(C)=O)c1)NCC(=O)NC(C)(C)C.I. The lowest BCUT2D eigenvalue weighted by molar-refractivity contribution is -0.121. The fourth-order valence-corrected chi connectivity index (χ4v) is 2.09. The molecule has 0 unspecified atom stereocenters. The van der Waals surface area contributed by atoms with Crippen molar-refractivity contribution in [1.29, 1.82) is 0 Å². The monoisotopic (exact) mass is 475 g/mol. The number of guanidine groups is 1. The molecule has 2 amide bonds. The van der Waals surface area contributed by atoms with Crippen LogP contribution in [-0.4, -0.2) is 36.4 Å². The highest BCUT2D eigenvalue weighted by Crippen LogP contribution is 2.11. The van der Waals surface area contributed by atoms with Crippen molar-refractivity contribution in [2.75, 3.05) is 18.4 Å². The van der Waals surface area contributed by atoms with Crippen LogP contribution in [0.2, 0.25) is 0 Å². The number of amides is 2. The molecular weight excluding hydrogens is 445 g/mol. The van der Waals surface area contributed by atoms with Gasteiger partial charge in [0.1, 0.15) is 0 Å². The van der Waals surface area contributed by atoms with E-state index < -0.39 is 0 Å². The Hall–Kier alpha value is -1.84. The summed E-state index contributed by atoms with van der Waals surface area (Å²) >= 11 is 0. The Bertz CT molecular complexity index is 626. The zero-order chi connectivity index (χ0) is 18.9. The molecule has 0 radical (unpaired) electrons. The number of aliphatic imine (C=N–C) groups is 1. The average Bonchev–Trinajstić information content (AvgIpc) is 2.48. The van der Waals surface area contributed by atoms with Crippen LogP contribution >= 0.6 is 24.0 Å². The number of benzene rings is 1. The van der Waals surface area contributed by atoms with Gasteiger partial charge in [0.05, 0.1) is 13.1 Å². The molecule has 8 heteroatoms. The number of halogens is 1. The van der Waals surface area contributed by atoms with E-state index in [1.54, 1.807) is 0 Å². The Morgan fingerprint density at radius 1 is 1.15 bits per heavy atom. The number of carbonyl (C=O) groups excluding carboxylic acids is 2. The molecule has 0 aliphatic rings. The van der Waals surface area contributed by atoms with Gasteiger partial charge in [-0.15, -0.1) is 24.0 Å². The van der Waals surface area contributed by atoms with Crippen LogP contribution in [0.25, 0.3) is 0 Å². The lowest BCUT2D eigenvalue weighted by Crippen LogP contribution is -2.48. The second kappa shape index (κ2) is 11.7. The molecule has 26 heavy (non-hydrogen) atoms. The summed E-state index contributed by atoms with van der Waals surface area (Å²) in [7, 11) is 0. The van der Waals surface area contributed by atoms with Crippen molar-refractivity contribution < 1.29 is 9.59 Å². The number of hydrogen-bond donors (Lipinski definition) is 4. The third-order valence-electron chi connectivity index (χ3n) is 2.94. The van der Waals surface area contributed by atoms with E-state index in [-0.39, 0.29) is 47.9 Å². The van der Waals surface area contributed by atoms with Crippen LogP contribution < -0.4 is 21.3 Å². The van der Waals surface area contributed by atoms with E-state index in [0.717, 1.165) is 11.3 Å². The van der Waals surface area contributed by atoms with Crippen LogP contribution in [0.1, 0.15) is 40.2 Å². The molecule has 1 aromatic carbocycles. The van der Waals surface area contributed by atoms with Crippen LogP contribution in [0.4, 0.5) is 5.69 Å². The third-order valence-corrected chi connectivity index (χ3v) is 2.94. The smallest absolute Gasteiger partial charge is 0.239 e. The summed E-state index contributed by atoms with van der Waals surface area (Å²) in [5.74, 6) is 0.364. The number of rotatable bonds is 6. The lowest BCUT2D eigenvalue weighted by Gasteiger charge is -2.21. The molecule has 0 fully saturated rings.